The van der Waals surface area contributed by atoms with Gasteiger partial charge in [-0.25, -0.2) is 9.59 Å². The number of ether oxygens (including phenoxy) is 2. The van der Waals surface area contributed by atoms with E-state index in [1.165, 1.54) is 16.7 Å². The summed E-state index contributed by atoms with van der Waals surface area (Å²) in [7, 11) is 0. The second-order valence-electron chi connectivity index (χ2n) is 5.33. The third-order valence-electron chi connectivity index (χ3n) is 3.53. The van der Waals surface area contributed by atoms with Crippen molar-refractivity contribution in [1.29, 1.82) is 0 Å². The van der Waals surface area contributed by atoms with E-state index in [1.807, 2.05) is 12.1 Å². The molecule has 0 saturated carbocycles. The summed E-state index contributed by atoms with van der Waals surface area (Å²) in [5, 5.41) is 18.2. The predicted molar refractivity (Wildman–Crippen MR) is 89.6 cm³/mol. The molecule has 132 valence electrons. The Morgan fingerprint density at radius 1 is 1.00 bits per heavy atom. The molecule has 7 heteroatoms. The van der Waals surface area contributed by atoms with E-state index in [0.717, 1.165) is 24.6 Å². The molecule has 3 rings (SSSR count). The number of fused-ring (bicyclic) bond motifs is 1. The van der Waals surface area contributed by atoms with Gasteiger partial charge in [0.2, 0.25) is 6.79 Å². The van der Waals surface area contributed by atoms with Crippen molar-refractivity contribution in [2.75, 3.05) is 6.79 Å². The number of carbonyl (C=O) groups is 2. The first-order valence-corrected chi connectivity index (χ1v) is 7.57. The minimum absolute atomic E-state index is 0.329. The number of aliphatic carboxylic acids is 2. The normalized spacial score (nSPS) is 11.4. The van der Waals surface area contributed by atoms with Gasteiger partial charge in [0.15, 0.2) is 11.5 Å². The van der Waals surface area contributed by atoms with E-state index in [2.05, 4.69) is 42.6 Å². The quantitative estimate of drug-likeness (QED) is 0.729. The summed E-state index contributed by atoms with van der Waals surface area (Å²) < 4.78 is 10.7. The Labute approximate surface area is 144 Å². The van der Waals surface area contributed by atoms with E-state index in [-0.39, 0.29) is 0 Å². The van der Waals surface area contributed by atoms with Crippen LogP contribution in [0.5, 0.6) is 11.5 Å². The number of hydrogen-bond donors (Lipinski definition) is 3. The van der Waals surface area contributed by atoms with E-state index in [4.69, 9.17) is 29.3 Å². The fraction of sp³-hybridized carbons (Fsp3) is 0.222. The van der Waals surface area contributed by atoms with Crippen LogP contribution in [0.3, 0.4) is 0 Å². The molecular weight excluding hydrogens is 326 g/mol. The van der Waals surface area contributed by atoms with Crippen molar-refractivity contribution in [2.24, 2.45) is 0 Å². The van der Waals surface area contributed by atoms with Crippen LogP contribution in [0.4, 0.5) is 0 Å². The van der Waals surface area contributed by atoms with Crippen LogP contribution in [0.15, 0.2) is 42.5 Å². The molecule has 25 heavy (non-hydrogen) atoms. The lowest BCUT2D eigenvalue weighted by molar-refractivity contribution is -0.159. The smallest absolute Gasteiger partial charge is 0.414 e. The van der Waals surface area contributed by atoms with Crippen LogP contribution in [0.1, 0.15) is 16.7 Å². The van der Waals surface area contributed by atoms with Gasteiger partial charge in [-0.15, -0.1) is 0 Å². The first-order valence-electron chi connectivity index (χ1n) is 7.57. The Hall–Kier alpha value is -3.06. The highest BCUT2D eigenvalue weighted by Gasteiger charge is 2.12. The minimum Gasteiger partial charge on any atom is -0.473 e. The van der Waals surface area contributed by atoms with Crippen LogP contribution in [0.2, 0.25) is 0 Å². The van der Waals surface area contributed by atoms with Crippen molar-refractivity contribution < 1.29 is 29.3 Å². The van der Waals surface area contributed by atoms with Crippen LogP contribution in [-0.2, 0) is 22.7 Å². The average Bonchev–Trinajstić information content (AvgIpc) is 3.05. The number of benzene rings is 2. The summed E-state index contributed by atoms with van der Waals surface area (Å²) in [6, 6.07) is 14.5. The molecule has 3 N–H and O–H groups in total. The summed E-state index contributed by atoms with van der Waals surface area (Å²) in [5.74, 6) is -1.97. The molecule has 0 aliphatic carbocycles. The maximum atomic E-state index is 9.10. The van der Waals surface area contributed by atoms with Crippen molar-refractivity contribution in [2.45, 2.75) is 20.0 Å². The number of carboxylic acids is 2. The molecule has 1 aliphatic rings. The van der Waals surface area contributed by atoms with Gasteiger partial charge in [0, 0.05) is 13.1 Å². The third kappa shape index (κ3) is 5.50. The molecule has 7 nitrogen and oxygen atoms in total. The van der Waals surface area contributed by atoms with Gasteiger partial charge in [0.1, 0.15) is 0 Å². The molecule has 0 radical (unpaired) electrons. The maximum absolute atomic E-state index is 9.10. The molecule has 2 aromatic rings. The highest BCUT2D eigenvalue weighted by molar-refractivity contribution is 6.27. The Balaban J connectivity index is 0.000000326. The molecule has 0 fully saturated rings. The summed E-state index contributed by atoms with van der Waals surface area (Å²) in [5.41, 5.74) is 3.86. The summed E-state index contributed by atoms with van der Waals surface area (Å²) in [4.78, 5) is 18.2. The van der Waals surface area contributed by atoms with Crippen LogP contribution >= 0.6 is 0 Å². The lowest BCUT2D eigenvalue weighted by atomic mass is 10.1. The predicted octanol–water partition coefficient (Wildman–Crippen LogP) is 2.17. The van der Waals surface area contributed by atoms with E-state index in [0.29, 0.717) is 6.79 Å². The molecule has 2 aromatic carbocycles. The van der Waals surface area contributed by atoms with Gasteiger partial charge in [-0.1, -0.05) is 30.3 Å². The first-order chi connectivity index (χ1) is 12.0. The van der Waals surface area contributed by atoms with Crippen molar-refractivity contribution >= 4 is 11.9 Å². The highest BCUT2D eigenvalue weighted by Crippen LogP contribution is 2.32. The summed E-state index contributed by atoms with van der Waals surface area (Å²) >= 11 is 0. The largest absolute Gasteiger partial charge is 0.473 e. The zero-order valence-electron chi connectivity index (χ0n) is 13.7. The second-order valence-corrected chi connectivity index (χ2v) is 5.33. The van der Waals surface area contributed by atoms with Gasteiger partial charge in [0.05, 0.1) is 0 Å². The SMILES string of the molecule is Cc1ccccc1CNCc1ccc2c(c1)OCO2.O=C(O)C(=O)O. The topological polar surface area (TPSA) is 105 Å². The van der Waals surface area contributed by atoms with Crippen LogP contribution in [-0.4, -0.2) is 28.9 Å². The van der Waals surface area contributed by atoms with Gasteiger partial charge in [-0.05, 0) is 35.7 Å². The van der Waals surface area contributed by atoms with Crippen LogP contribution < -0.4 is 14.8 Å². The maximum Gasteiger partial charge on any atom is 0.414 e. The Morgan fingerprint density at radius 2 is 1.68 bits per heavy atom. The number of aryl methyl sites for hydroxylation is 1. The van der Waals surface area contributed by atoms with E-state index in [1.54, 1.807) is 0 Å². The number of nitrogens with one attached hydrogen (secondary N) is 1. The first kappa shape index (κ1) is 18.3. The number of hydrogen-bond acceptors (Lipinski definition) is 5. The average molecular weight is 345 g/mol. The van der Waals surface area contributed by atoms with Gasteiger partial charge >= 0.3 is 11.9 Å². The third-order valence-corrected chi connectivity index (χ3v) is 3.53. The van der Waals surface area contributed by atoms with Crippen LogP contribution in [0.25, 0.3) is 0 Å². The lowest BCUT2D eigenvalue weighted by Crippen LogP contribution is -2.13. The van der Waals surface area contributed by atoms with Crippen molar-refractivity contribution in [3.05, 3.63) is 59.2 Å². The zero-order chi connectivity index (χ0) is 18.2. The zero-order valence-corrected chi connectivity index (χ0v) is 13.7. The number of rotatable bonds is 4. The molecule has 0 atom stereocenters. The molecule has 0 spiro atoms. The standard InChI is InChI=1S/C16H17NO2.C2H2O4/c1-12-4-2-3-5-14(12)10-17-9-13-6-7-15-16(8-13)19-11-18-15;3-1(4)2(5)6/h2-8,17H,9-11H2,1H3;(H,3,4)(H,5,6). The van der Waals surface area contributed by atoms with Crippen LogP contribution in [0, 0.1) is 6.92 Å². The fourth-order valence-corrected chi connectivity index (χ4v) is 2.20. The molecule has 0 aromatic heterocycles. The molecule has 1 aliphatic heterocycles. The molecule has 0 amide bonds. The fourth-order valence-electron chi connectivity index (χ4n) is 2.20. The number of carboxylic acid groups (broad SMARTS) is 2. The van der Waals surface area contributed by atoms with Gasteiger partial charge < -0.3 is 25.0 Å². The molecule has 1 heterocycles. The Kier molecular flexibility index (Phi) is 6.36. The lowest BCUT2D eigenvalue weighted by Gasteiger charge is -2.08. The molecular formula is C18H19NO6. The van der Waals surface area contributed by atoms with Crippen molar-refractivity contribution in [3.63, 3.8) is 0 Å². The van der Waals surface area contributed by atoms with Crippen molar-refractivity contribution in [3.8, 4) is 11.5 Å². The minimum atomic E-state index is -1.82. The van der Waals surface area contributed by atoms with E-state index >= 15 is 0 Å². The van der Waals surface area contributed by atoms with E-state index < -0.39 is 11.9 Å². The Morgan fingerprint density at radius 3 is 2.36 bits per heavy atom. The molecule has 0 unspecified atom stereocenters. The molecule has 0 bridgehead atoms. The summed E-state index contributed by atoms with van der Waals surface area (Å²) in [6.45, 7) is 4.17. The van der Waals surface area contributed by atoms with Gasteiger partial charge in [0.25, 0.3) is 0 Å². The highest BCUT2D eigenvalue weighted by atomic mass is 16.7. The summed E-state index contributed by atoms with van der Waals surface area (Å²) in [6.07, 6.45) is 0. The van der Waals surface area contributed by atoms with Gasteiger partial charge in [-0.3, -0.25) is 0 Å². The Bertz CT molecular complexity index is 747. The monoisotopic (exact) mass is 345 g/mol. The van der Waals surface area contributed by atoms with Crippen molar-refractivity contribution in [1.82, 2.24) is 5.32 Å². The van der Waals surface area contributed by atoms with E-state index in [9.17, 15) is 0 Å². The molecule has 0 saturated heterocycles. The second kappa shape index (κ2) is 8.70. The van der Waals surface area contributed by atoms with Gasteiger partial charge in [-0.2, -0.15) is 0 Å².